The first-order chi connectivity index (χ1) is 13.4. The van der Waals surface area contributed by atoms with E-state index in [9.17, 15) is 9.59 Å². The van der Waals surface area contributed by atoms with Crippen molar-refractivity contribution in [3.05, 3.63) is 46.4 Å². The van der Waals surface area contributed by atoms with E-state index in [4.69, 9.17) is 9.47 Å². The maximum absolute atomic E-state index is 13.2. The van der Waals surface area contributed by atoms with Gasteiger partial charge in [0.1, 0.15) is 11.5 Å². The van der Waals surface area contributed by atoms with Gasteiger partial charge in [-0.1, -0.05) is 21.2 Å². The van der Waals surface area contributed by atoms with Crippen LogP contribution < -0.4 is 19.4 Å². The highest BCUT2D eigenvalue weighted by molar-refractivity contribution is 9.10. The fraction of sp³-hybridized carbons (Fsp3) is 0.263. The van der Waals surface area contributed by atoms with Gasteiger partial charge in [-0.3, -0.25) is 9.59 Å². The first-order valence-electron chi connectivity index (χ1n) is 8.51. The van der Waals surface area contributed by atoms with Crippen LogP contribution in [-0.2, 0) is 9.59 Å². The van der Waals surface area contributed by atoms with Crippen LogP contribution in [0, 0.1) is 6.92 Å². The molecule has 0 spiro atoms. The number of rotatable bonds is 4. The molecule has 0 aliphatic carbocycles. The summed E-state index contributed by atoms with van der Waals surface area (Å²) >= 11 is 3.46. The van der Waals surface area contributed by atoms with Gasteiger partial charge < -0.3 is 9.47 Å². The summed E-state index contributed by atoms with van der Waals surface area (Å²) in [5, 5.41) is 9.65. The van der Waals surface area contributed by atoms with Gasteiger partial charge in [0.15, 0.2) is 12.1 Å². The predicted octanol–water partition coefficient (Wildman–Crippen LogP) is 3.27. The van der Waals surface area contributed by atoms with Crippen molar-refractivity contribution >= 4 is 39.1 Å². The van der Waals surface area contributed by atoms with Gasteiger partial charge in [-0.25, -0.2) is 9.91 Å². The Labute approximate surface area is 169 Å². The van der Waals surface area contributed by atoms with Gasteiger partial charge in [-0.2, -0.15) is 5.11 Å². The number of anilines is 2. The molecule has 0 aromatic heterocycles. The van der Waals surface area contributed by atoms with Crippen LogP contribution in [-0.4, -0.2) is 38.1 Å². The fourth-order valence-corrected chi connectivity index (χ4v) is 3.57. The van der Waals surface area contributed by atoms with E-state index in [1.54, 1.807) is 18.2 Å². The molecule has 0 bridgehead atoms. The first-order valence-corrected chi connectivity index (χ1v) is 9.31. The molecule has 2 amide bonds. The second-order valence-corrected chi connectivity index (χ2v) is 7.31. The number of carbonyl (C=O) groups is 2. The van der Waals surface area contributed by atoms with Crippen molar-refractivity contribution in [1.29, 1.82) is 0 Å². The Hall–Kier alpha value is -2.94. The van der Waals surface area contributed by atoms with E-state index in [-0.39, 0.29) is 0 Å². The minimum atomic E-state index is -0.881. The van der Waals surface area contributed by atoms with Crippen molar-refractivity contribution in [2.24, 2.45) is 10.3 Å². The second-order valence-electron chi connectivity index (χ2n) is 6.46. The van der Waals surface area contributed by atoms with E-state index < -0.39 is 23.9 Å². The SMILES string of the molecule is COc1cc(OC)cc(N2C(=O)C3N=NN(c4ccc(Br)c(C)c4)C3C2=O)c1. The fourth-order valence-electron chi connectivity index (χ4n) is 3.32. The summed E-state index contributed by atoms with van der Waals surface area (Å²) in [5.41, 5.74) is 2.06. The summed E-state index contributed by atoms with van der Waals surface area (Å²) in [6.45, 7) is 1.94. The topological polar surface area (TPSA) is 83.8 Å². The molecule has 28 heavy (non-hydrogen) atoms. The molecule has 2 aliphatic rings. The van der Waals surface area contributed by atoms with Crippen LogP contribution in [0.4, 0.5) is 11.4 Å². The standard InChI is InChI=1S/C19H17BrN4O4/c1-10-6-11(4-5-15(10)20)24-17-16(21-22-24)18(25)23(19(17)26)12-7-13(27-2)9-14(8-12)28-3/h4-9,16-17H,1-3H3. The Bertz CT molecular complexity index is 987. The molecule has 2 atom stereocenters. The van der Waals surface area contributed by atoms with Crippen LogP contribution in [0.2, 0.25) is 0 Å². The minimum Gasteiger partial charge on any atom is -0.497 e. The summed E-state index contributed by atoms with van der Waals surface area (Å²) in [4.78, 5) is 27.2. The Kier molecular flexibility index (Phi) is 4.54. The van der Waals surface area contributed by atoms with Crippen LogP contribution in [0.15, 0.2) is 51.2 Å². The molecule has 0 N–H and O–H groups in total. The number of ether oxygens (including phenoxy) is 2. The Morgan fingerprint density at radius 3 is 2.25 bits per heavy atom. The quantitative estimate of drug-likeness (QED) is 0.675. The van der Waals surface area contributed by atoms with Gasteiger partial charge in [0.25, 0.3) is 11.8 Å². The highest BCUT2D eigenvalue weighted by Gasteiger charge is 2.55. The summed E-state index contributed by atoms with van der Waals surface area (Å²) in [6, 6.07) is 8.80. The molecular formula is C19H17BrN4O4. The van der Waals surface area contributed by atoms with Crippen molar-refractivity contribution < 1.29 is 19.1 Å². The zero-order valence-corrected chi connectivity index (χ0v) is 17.0. The molecule has 2 unspecified atom stereocenters. The molecule has 4 rings (SSSR count). The summed E-state index contributed by atoms with van der Waals surface area (Å²) < 4.78 is 11.4. The maximum Gasteiger partial charge on any atom is 0.263 e. The molecular weight excluding hydrogens is 428 g/mol. The van der Waals surface area contributed by atoms with Gasteiger partial charge >= 0.3 is 0 Å². The normalized spacial score (nSPS) is 20.7. The molecule has 9 heteroatoms. The average molecular weight is 445 g/mol. The molecule has 2 aliphatic heterocycles. The van der Waals surface area contributed by atoms with Crippen molar-refractivity contribution in [2.45, 2.75) is 19.0 Å². The Balaban J connectivity index is 1.71. The molecule has 0 radical (unpaired) electrons. The number of aryl methyl sites for hydroxylation is 1. The number of amides is 2. The lowest BCUT2D eigenvalue weighted by Crippen LogP contribution is -2.40. The van der Waals surface area contributed by atoms with Gasteiger partial charge in [-0.15, -0.1) is 0 Å². The number of hydrogen-bond acceptors (Lipinski definition) is 7. The highest BCUT2D eigenvalue weighted by Crippen LogP contribution is 2.38. The van der Waals surface area contributed by atoms with Crippen LogP contribution in [0.5, 0.6) is 11.5 Å². The van der Waals surface area contributed by atoms with Gasteiger partial charge in [0, 0.05) is 22.7 Å². The Morgan fingerprint density at radius 2 is 1.64 bits per heavy atom. The molecule has 2 aromatic carbocycles. The number of imide groups is 1. The van der Waals surface area contributed by atoms with E-state index in [0.29, 0.717) is 22.9 Å². The number of hydrogen-bond donors (Lipinski definition) is 0. The number of nitrogens with zero attached hydrogens (tertiary/aromatic N) is 4. The predicted molar refractivity (Wildman–Crippen MR) is 106 cm³/mol. The molecule has 2 heterocycles. The molecule has 1 fully saturated rings. The zero-order valence-electron chi connectivity index (χ0n) is 15.4. The number of benzene rings is 2. The van der Waals surface area contributed by atoms with Crippen LogP contribution in [0.25, 0.3) is 0 Å². The number of methoxy groups -OCH3 is 2. The summed E-state index contributed by atoms with van der Waals surface area (Å²) in [7, 11) is 3.01. The third-order valence-corrected chi connectivity index (χ3v) is 5.67. The van der Waals surface area contributed by atoms with Crippen molar-refractivity contribution in [3.63, 3.8) is 0 Å². The maximum atomic E-state index is 13.2. The first kappa shape index (κ1) is 18.4. The van der Waals surface area contributed by atoms with E-state index in [2.05, 4.69) is 26.3 Å². The van der Waals surface area contributed by atoms with E-state index in [1.165, 1.54) is 19.2 Å². The van der Waals surface area contributed by atoms with Crippen LogP contribution in [0.1, 0.15) is 5.56 Å². The molecule has 1 saturated heterocycles. The lowest BCUT2D eigenvalue weighted by molar-refractivity contribution is -0.121. The van der Waals surface area contributed by atoms with E-state index >= 15 is 0 Å². The third kappa shape index (κ3) is 2.82. The third-order valence-electron chi connectivity index (χ3n) is 4.78. The smallest absolute Gasteiger partial charge is 0.263 e. The summed E-state index contributed by atoms with van der Waals surface area (Å²) in [6.07, 6.45) is 0. The van der Waals surface area contributed by atoms with Gasteiger partial charge in [0.2, 0.25) is 0 Å². The largest absolute Gasteiger partial charge is 0.497 e. The van der Waals surface area contributed by atoms with Crippen molar-refractivity contribution in [1.82, 2.24) is 0 Å². The minimum absolute atomic E-state index is 0.378. The lowest BCUT2D eigenvalue weighted by atomic mass is 10.1. The van der Waals surface area contributed by atoms with Crippen molar-refractivity contribution in [3.8, 4) is 11.5 Å². The van der Waals surface area contributed by atoms with E-state index in [0.717, 1.165) is 14.9 Å². The highest BCUT2D eigenvalue weighted by atomic mass is 79.9. The van der Waals surface area contributed by atoms with Crippen LogP contribution >= 0.6 is 15.9 Å². The number of fused-ring (bicyclic) bond motifs is 1. The monoisotopic (exact) mass is 444 g/mol. The lowest BCUT2D eigenvalue weighted by Gasteiger charge is -2.21. The van der Waals surface area contributed by atoms with Gasteiger partial charge in [-0.05, 0) is 30.7 Å². The summed E-state index contributed by atoms with van der Waals surface area (Å²) in [5.74, 6) is 0.143. The number of halogens is 1. The van der Waals surface area contributed by atoms with Crippen LogP contribution in [0.3, 0.4) is 0 Å². The zero-order chi connectivity index (χ0) is 20.0. The van der Waals surface area contributed by atoms with Crippen molar-refractivity contribution in [2.75, 3.05) is 24.1 Å². The molecule has 2 aromatic rings. The molecule has 144 valence electrons. The van der Waals surface area contributed by atoms with E-state index in [1.807, 2.05) is 25.1 Å². The average Bonchev–Trinajstić information content (AvgIpc) is 3.24. The number of carbonyl (C=O) groups excluding carboxylic acids is 2. The van der Waals surface area contributed by atoms with Gasteiger partial charge in [0.05, 0.1) is 25.6 Å². The molecule has 0 saturated carbocycles. The second kappa shape index (κ2) is 6.90. The molecule has 8 nitrogen and oxygen atoms in total. The Morgan fingerprint density at radius 1 is 0.964 bits per heavy atom.